The van der Waals surface area contributed by atoms with E-state index in [2.05, 4.69) is 10.3 Å². The van der Waals surface area contributed by atoms with Crippen molar-refractivity contribution in [2.24, 2.45) is 7.05 Å². The molecule has 0 spiro atoms. The first-order valence-corrected chi connectivity index (χ1v) is 9.48. The topological polar surface area (TPSA) is 39.1 Å². The molecule has 4 rings (SSSR count). The summed E-state index contributed by atoms with van der Waals surface area (Å²) in [6, 6.07) is 18.9. The molecule has 0 saturated heterocycles. The molecular formula is C22H17ClF3N3O. The number of nitrogens with one attached hydrogen (secondary N) is 1. The molecule has 8 heteroatoms. The number of nitrogens with zero attached hydrogens (tertiary/aromatic N) is 2. The van der Waals surface area contributed by atoms with Crippen molar-refractivity contribution in [3.05, 3.63) is 82.9 Å². The normalized spacial score (nSPS) is 11.6. The van der Waals surface area contributed by atoms with Crippen LogP contribution >= 0.6 is 11.6 Å². The van der Waals surface area contributed by atoms with Crippen LogP contribution < -0.4 is 10.1 Å². The van der Waals surface area contributed by atoms with Crippen molar-refractivity contribution in [1.29, 1.82) is 0 Å². The van der Waals surface area contributed by atoms with E-state index in [9.17, 15) is 13.2 Å². The highest BCUT2D eigenvalue weighted by Crippen LogP contribution is 2.35. The molecule has 30 heavy (non-hydrogen) atoms. The van der Waals surface area contributed by atoms with Gasteiger partial charge in [0.1, 0.15) is 11.5 Å². The molecule has 154 valence electrons. The van der Waals surface area contributed by atoms with Gasteiger partial charge < -0.3 is 14.6 Å². The molecular weight excluding hydrogens is 415 g/mol. The van der Waals surface area contributed by atoms with Crippen LogP contribution in [-0.4, -0.2) is 9.55 Å². The van der Waals surface area contributed by atoms with Gasteiger partial charge in [0.15, 0.2) is 0 Å². The van der Waals surface area contributed by atoms with Gasteiger partial charge in [0.25, 0.3) is 0 Å². The highest BCUT2D eigenvalue weighted by molar-refractivity contribution is 6.35. The zero-order valence-corrected chi connectivity index (χ0v) is 16.6. The molecule has 1 aromatic heterocycles. The average molecular weight is 432 g/mol. The van der Waals surface area contributed by atoms with Gasteiger partial charge in [-0.15, -0.1) is 0 Å². The Hall–Kier alpha value is -3.19. The smallest absolute Gasteiger partial charge is 0.416 e. The summed E-state index contributed by atoms with van der Waals surface area (Å²) < 4.78 is 46.6. The minimum Gasteiger partial charge on any atom is -0.457 e. The van der Waals surface area contributed by atoms with Crippen molar-refractivity contribution in [1.82, 2.24) is 9.55 Å². The number of benzene rings is 3. The van der Waals surface area contributed by atoms with Crippen molar-refractivity contribution >= 4 is 28.6 Å². The van der Waals surface area contributed by atoms with Crippen LogP contribution in [0.25, 0.3) is 11.0 Å². The third kappa shape index (κ3) is 4.21. The van der Waals surface area contributed by atoms with Crippen molar-refractivity contribution < 1.29 is 17.9 Å². The van der Waals surface area contributed by atoms with Gasteiger partial charge in [0.2, 0.25) is 5.95 Å². The number of imidazole rings is 1. The number of rotatable bonds is 5. The van der Waals surface area contributed by atoms with E-state index >= 15 is 0 Å². The van der Waals surface area contributed by atoms with Crippen LogP contribution in [0.5, 0.6) is 11.5 Å². The van der Waals surface area contributed by atoms with E-state index in [0.717, 1.165) is 23.4 Å². The fourth-order valence-corrected chi connectivity index (χ4v) is 3.48. The zero-order valence-electron chi connectivity index (χ0n) is 15.9. The van der Waals surface area contributed by atoms with Gasteiger partial charge in [0.05, 0.1) is 21.6 Å². The van der Waals surface area contributed by atoms with E-state index in [4.69, 9.17) is 16.3 Å². The first-order chi connectivity index (χ1) is 14.3. The number of ether oxygens (including phenoxy) is 1. The van der Waals surface area contributed by atoms with Gasteiger partial charge in [-0.3, -0.25) is 0 Å². The van der Waals surface area contributed by atoms with Crippen molar-refractivity contribution in [3.63, 3.8) is 0 Å². The Kier molecular flexibility index (Phi) is 5.30. The third-order valence-electron chi connectivity index (χ3n) is 4.58. The van der Waals surface area contributed by atoms with E-state index in [1.807, 2.05) is 54.6 Å². The number of para-hydroxylation sites is 1. The Morgan fingerprint density at radius 3 is 2.47 bits per heavy atom. The summed E-state index contributed by atoms with van der Waals surface area (Å²) in [6.07, 6.45) is -4.48. The molecule has 0 saturated carbocycles. The number of alkyl halides is 3. The predicted octanol–water partition coefficient (Wildman–Crippen LogP) is 6.65. The van der Waals surface area contributed by atoms with E-state index in [1.165, 1.54) is 0 Å². The summed E-state index contributed by atoms with van der Waals surface area (Å²) in [6.45, 7) is 0.410. The monoisotopic (exact) mass is 431 g/mol. The summed E-state index contributed by atoms with van der Waals surface area (Å²) in [5.74, 6) is 1.83. The maximum absolute atomic E-state index is 13.0. The molecule has 0 amide bonds. The van der Waals surface area contributed by atoms with Crippen molar-refractivity contribution in [2.45, 2.75) is 12.7 Å². The van der Waals surface area contributed by atoms with Gasteiger partial charge in [0, 0.05) is 13.6 Å². The third-order valence-corrected chi connectivity index (χ3v) is 4.87. The number of hydrogen-bond donors (Lipinski definition) is 1. The van der Waals surface area contributed by atoms with Crippen LogP contribution in [0, 0.1) is 0 Å². The standard InChI is InChI=1S/C22H17ClF3N3O/c1-29-20-18(23)11-15(22(24,25)26)12-19(20)28-21(29)27-13-14-6-5-9-17(10-14)30-16-7-3-2-4-8-16/h2-12H,13H2,1H3,(H,27,28). The maximum atomic E-state index is 13.0. The first-order valence-electron chi connectivity index (χ1n) is 9.10. The molecule has 4 aromatic rings. The van der Waals surface area contributed by atoms with Crippen LogP contribution in [0.15, 0.2) is 66.7 Å². The second-order valence-corrected chi connectivity index (χ2v) is 7.14. The Bertz CT molecular complexity index is 1190. The van der Waals surface area contributed by atoms with Gasteiger partial charge in [-0.2, -0.15) is 13.2 Å². The largest absolute Gasteiger partial charge is 0.457 e. The molecule has 0 atom stereocenters. The number of anilines is 1. The summed E-state index contributed by atoms with van der Waals surface area (Å²) in [7, 11) is 1.70. The van der Waals surface area contributed by atoms with Crippen molar-refractivity contribution in [3.8, 4) is 11.5 Å². The van der Waals surface area contributed by atoms with Crippen LogP contribution in [-0.2, 0) is 19.8 Å². The lowest BCUT2D eigenvalue weighted by Gasteiger charge is -2.10. The number of hydrogen-bond acceptors (Lipinski definition) is 3. The Labute approximate surface area is 175 Å². The van der Waals surface area contributed by atoms with Gasteiger partial charge in [-0.1, -0.05) is 41.9 Å². The molecule has 0 aliphatic carbocycles. The fourth-order valence-electron chi connectivity index (χ4n) is 3.14. The van der Waals surface area contributed by atoms with Crippen LogP contribution in [0.2, 0.25) is 5.02 Å². The molecule has 0 bridgehead atoms. The molecule has 0 aliphatic rings. The number of aromatic nitrogens is 2. The molecule has 0 aliphatic heterocycles. The fraction of sp³-hybridized carbons (Fsp3) is 0.136. The van der Waals surface area contributed by atoms with Gasteiger partial charge in [-0.05, 0) is 42.0 Å². The summed E-state index contributed by atoms with van der Waals surface area (Å²) in [4.78, 5) is 4.29. The second-order valence-electron chi connectivity index (χ2n) is 6.73. The summed E-state index contributed by atoms with van der Waals surface area (Å²) in [5, 5.41) is 3.15. The van der Waals surface area contributed by atoms with Gasteiger partial charge in [-0.25, -0.2) is 4.98 Å². The molecule has 0 radical (unpaired) electrons. The maximum Gasteiger partial charge on any atom is 0.416 e. The average Bonchev–Trinajstić information content (AvgIpc) is 3.03. The molecule has 4 nitrogen and oxygen atoms in total. The predicted molar refractivity (Wildman–Crippen MR) is 111 cm³/mol. The number of aryl methyl sites for hydroxylation is 1. The lowest BCUT2D eigenvalue weighted by molar-refractivity contribution is -0.137. The Morgan fingerprint density at radius 2 is 1.73 bits per heavy atom. The SMILES string of the molecule is Cn1c(NCc2cccc(Oc3ccccc3)c2)nc2cc(C(F)(F)F)cc(Cl)c21. The van der Waals surface area contributed by atoms with Crippen LogP contribution in [0.1, 0.15) is 11.1 Å². The lowest BCUT2D eigenvalue weighted by atomic mass is 10.2. The quantitative estimate of drug-likeness (QED) is 0.384. The van der Waals surface area contributed by atoms with E-state index in [-0.39, 0.29) is 10.5 Å². The molecule has 3 aromatic carbocycles. The van der Waals surface area contributed by atoms with Crippen LogP contribution in [0.4, 0.5) is 19.1 Å². The zero-order chi connectivity index (χ0) is 21.3. The Balaban J connectivity index is 1.54. The van der Waals surface area contributed by atoms with E-state index in [1.54, 1.807) is 11.6 Å². The molecule has 0 unspecified atom stereocenters. The summed E-state index contributed by atoms with van der Waals surface area (Å²) in [5.41, 5.74) is 0.724. The first kappa shape index (κ1) is 20.1. The molecule has 0 fully saturated rings. The lowest BCUT2D eigenvalue weighted by Crippen LogP contribution is -2.05. The number of fused-ring (bicyclic) bond motifs is 1. The number of halogens is 4. The second kappa shape index (κ2) is 7.91. The van der Waals surface area contributed by atoms with E-state index < -0.39 is 11.7 Å². The highest BCUT2D eigenvalue weighted by atomic mass is 35.5. The highest BCUT2D eigenvalue weighted by Gasteiger charge is 2.32. The van der Waals surface area contributed by atoms with E-state index in [0.29, 0.717) is 23.8 Å². The van der Waals surface area contributed by atoms with Gasteiger partial charge >= 0.3 is 6.18 Å². The van der Waals surface area contributed by atoms with Crippen molar-refractivity contribution in [2.75, 3.05) is 5.32 Å². The molecule has 1 heterocycles. The minimum absolute atomic E-state index is 0.00105. The molecule has 1 N–H and O–H groups in total. The Morgan fingerprint density at radius 1 is 1.00 bits per heavy atom. The van der Waals surface area contributed by atoms with Crippen LogP contribution in [0.3, 0.4) is 0 Å². The minimum atomic E-state index is -4.48. The summed E-state index contributed by atoms with van der Waals surface area (Å²) >= 11 is 6.10.